The first-order valence-electron chi connectivity index (χ1n) is 5.59. The maximum atomic E-state index is 5.52. The standard InChI is InChI=1S/C10H24NO3Si/c1-5-7-8-11-10(6-2)9-14-15(12-3)13-4/h10-11H,5-9H2,1-4H3. The minimum Gasteiger partial charge on any atom is -0.375 e. The van der Waals surface area contributed by atoms with E-state index in [2.05, 4.69) is 19.2 Å². The third-order valence-corrected chi connectivity index (χ3v) is 3.26. The summed E-state index contributed by atoms with van der Waals surface area (Å²) < 4.78 is 15.6. The molecule has 0 heterocycles. The highest BCUT2D eigenvalue weighted by atomic mass is 28.3. The molecule has 1 N–H and O–H groups in total. The van der Waals surface area contributed by atoms with Gasteiger partial charge in [-0.2, -0.15) is 0 Å². The van der Waals surface area contributed by atoms with Crippen LogP contribution in [-0.2, 0) is 13.3 Å². The fraction of sp³-hybridized carbons (Fsp3) is 1.00. The van der Waals surface area contributed by atoms with Crippen molar-refractivity contribution in [3.63, 3.8) is 0 Å². The first kappa shape index (κ1) is 15.1. The van der Waals surface area contributed by atoms with Crippen LogP contribution in [0.2, 0.25) is 0 Å². The predicted octanol–water partition coefficient (Wildman–Crippen LogP) is 1.45. The quantitative estimate of drug-likeness (QED) is 0.459. The van der Waals surface area contributed by atoms with E-state index in [-0.39, 0.29) is 0 Å². The second-order valence-electron chi connectivity index (χ2n) is 3.38. The van der Waals surface area contributed by atoms with Gasteiger partial charge in [-0.05, 0) is 19.4 Å². The summed E-state index contributed by atoms with van der Waals surface area (Å²) in [5.74, 6) is 0. The molecule has 91 valence electrons. The molecule has 0 aliphatic heterocycles. The minimum atomic E-state index is -1.50. The van der Waals surface area contributed by atoms with Crippen molar-refractivity contribution in [1.29, 1.82) is 0 Å². The molecule has 0 amide bonds. The van der Waals surface area contributed by atoms with Crippen molar-refractivity contribution < 1.29 is 13.3 Å². The summed E-state index contributed by atoms with van der Waals surface area (Å²) in [6, 6.07) is 0.404. The van der Waals surface area contributed by atoms with E-state index in [9.17, 15) is 0 Å². The summed E-state index contributed by atoms with van der Waals surface area (Å²) in [6.07, 6.45) is 3.49. The minimum absolute atomic E-state index is 0.404. The monoisotopic (exact) mass is 234 g/mol. The summed E-state index contributed by atoms with van der Waals surface area (Å²) >= 11 is 0. The zero-order chi connectivity index (χ0) is 11.5. The van der Waals surface area contributed by atoms with Gasteiger partial charge in [0, 0.05) is 20.3 Å². The van der Waals surface area contributed by atoms with Crippen molar-refractivity contribution in [2.24, 2.45) is 0 Å². The van der Waals surface area contributed by atoms with E-state index in [0.29, 0.717) is 12.6 Å². The van der Waals surface area contributed by atoms with Crippen molar-refractivity contribution in [3.05, 3.63) is 0 Å². The number of unbranched alkanes of at least 4 members (excludes halogenated alkanes) is 1. The average molecular weight is 234 g/mol. The van der Waals surface area contributed by atoms with E-state index in [1.165, 1.54) is 12.8 Å². The molecule has 0 rings (SSSR count). The van der Waals surface area contributed by atoms with Crippen LogP contribution in [0.4, 0.5) is 0 Å². The number of hydrogen-bond acceptors (Lipinski definition) is 4. The highest BCUT2D eigenvalue weighted by molar-refractivity contribution is 6.36. The molecule has 0 aromatic rings. The summed E-state index contributed by atoms with van der Waals surface area (Å²) in [6.45, 7) is 6.06. The van der Waals surface area contributed by atoms with Crippen LogP contribution in [0.25, 0.3) is 0 Å². The van der Waals surface area contributed by atoms with E-state index >= 15 is 0 Å². The average Bonchev–Trinajstić information content (AvgIpc) is 2.28. The molecule has 1 radical (unpaired) electrons. The van der Waals surface area contributed by atoms with E-state index in [4.69, 9.17) is 13.3 Å². The van der Waals surface area contributed by atoms with Crippen LogP contribution in [-0.4, -0.2) is 42.9 Å². The van der Waals surface area contributed by atoms with Crippen molar-refractivity contribution in [2.75, 3.05) is 27.4 Å². The Labute approximate surface area is 95.3 Å². The van der Waals surface area contributed by atoms with Crippen molar-refractivity contribution in [3.8, 4) is 0 Å². The van der Waals surface area contributed by atoms with Gasteiger partial charge in [0.25, 0.3) is 0 Å². The summed E-state index contributed by atoms with van der Waals surface area (Å²) in [4.78, 5) is 0. The van der Waals surface area contributed by atoms with Gasteiger partial charge in [-0.15, -0.1) is 0 Å². The fourth-order valence-corrected chi connectivity index (χ4v) is 1.91. The molecule has 1 unspecified atom stereocenters. The predicted molar refractivity (Wildman–Crippen MR) is 62.7 cm³/mol. The van der Waals surface area contributed by atoms with Gasteiger partial charge in [0.2, 0.25) is 0 Å². The van der Waals surface area contributed by atoms with Crippen LogP contribution in [0.5, 0.6) is 0 Å². The van der Waals surface area contributed by atoms with Gasteiger partial charge in [0.15, 0.2) is 0 Å². The van der Waals surface area contributed by atoms with E-state index in [0.717, 1.165) is 13.0 Å². The zero-order valence-electron chi connectivity index (χ0n) is 10.3. The van der Waals surface area contributed by atoms with Crippen molar-refractivity contribution in [2.45, 2.75) is 39.2 Å². The Kier molecular flexibility index (Phi) is 10.6. The number of hydrogen-bond donors (Lipinski definition) is 1. The maximum absolute atomic E-state index is 5.52. The van der Waals surface area contributed by atoms with E-state index in [1.807, 2.05) is 0 Å². The number of nitrogens with one attached hydrogen (secondary N) is 1. The Morgan fingerprint density at radius 2 is 1.87 bits per heavy atom. The largest absolute Gasteiger partial charge is 0.577 e. The molecule has 1 atom stereocenters. The highest BCUT2D eigenvalue weighted by Crippen LogP contribution is 1.96. The lowest BCUT2D eigenvalue weighted by Gasteiger charge is -2.18. The van der Waals surface area contributed by atoms with Gasteiger partial charge in [-0.3, -0.25) is 0 Å². The van der Waals surface area contributed by atoms with Crippen LogP contribution in [0, 0.1) is 0 Å². The smallest absolute Gasteiger partial charge is 0.375 e. The van der Waals surface area contributed by atoms with E-state index in [1.54, 1.807) is 14.2 Å². The Morgan fingerprint density at radius 1 is 1.20 bits per heavy atom. The van der Waals surface area contributed by atoms with Crippen LogP contribution in [0.15, 0.2) is 0 Å². The summed E-state index contributed by atoms with van der Waals surface area (Å²) in [7, 11) is 1.73. The first-order valence-corrected chi connectivity index (χ1v) is 6.82. The Bertz CT molecular complexity index is 134. The topological polar surface area (TPSA) is 39.7 Å². The van der Waals surface area contributed by atoms with Gasteiger partial charge >= 0.3 is 9.53 Å². The Hall–Kier alpha value is 0.0569. The number of rotatable bonds is 10. The SMILES string of the molecule is CCCCNC(CC)CO[Si](OC)OC. The molecular formula is C10H24NO3Si. The van der Waals surface area contributed by atoms with Gasteiger partial charge in [0.1, 0.15) is 0 Å². The molecule has 0 saturated carbocycles. The second-order valence-corrected chi connectivity index (χ2v) is 4.99. The molecule has 15 heavy (non-hydrogen) atoms. The van der Waals surface area contributed by atoms with Gasteiger partial charge in [-0.25, -0.2) is 0 Å². The molecule has 0 aliphatic rings. The van der Waals surface area contributed by atoms with Crippen molar-refractivity contribution in [1.82, 2.24) is 5.32 Å². The molecule has 0 aromatic carbocycles. The summed E-state index contributed by atoms with van der Waals surface area (Å²) in [5.41, 5.74) is 0. The molecule has 5 heteroatoms. The van der Waals surface area contributed by atoms with Gasteiger partial charge < -0.3 is 18.6 Å². The third-order valence-electron chi connectivity index (χ3n) is 2.19. The van der Waals surface area contributed by atoms with Crippen LogP contribution >= 0.6 is 0 Å². The Balaban J connectivity index is 3.59. The molecule has 0 aromatic heterocycles. The molecule has 0 fully saturated rings. The lowest BCUT2D eigenvalue weighted by molar-refractivity contribution is 0.121. The molecule has 0 saturated heterocycles. The molecule has 0 aliphatic carbocycles. The Morgan fingerprint density at radius 3 is 2.33 bits per heavy atom. The van der Waals surface area contributed by atoms with Crippen molar-refractivity contribution >= 4 is 9.53 Å². The molecule has 0 bridgehead atoms. The second kappa shape index (κ2) is 10.6. The van der Waals surface area contributed by atoms with Gasteiger partial charge in [-0.1, -0.05) is 20.3 Å². The molecule has 4 nitrogen and oxygen atoms in total. The fourth-order valence-electron chi connectivity index (χ4n) is 1.17. The van der Waals surface area contributed by atoms with Gasteiger partial charge in [0.05, 0.1) is 6.61 Å². The molecular weight excluding hydrogens is 210 g/mol. The van der Waals surface area contributed by atoms with Crippen LogP contribution in [0.1, 0.15) is 33.1 Å². The summed E-state index contributed by atoms with van der Waals surface area (Å²) in [5, 5.41) is 3.45. The van der Waals surface area contributed by atoms with Crippen LogP contribution < -0.4 is 5.32 Å². The zero-order valence-corrected chi connectivity index (χ0v) is 11.3. The normalized spacial score (nSPS) is 13.4. The lowest BCUT2D eigenvalue weighted by atomic mass is 10.2. The lowest BCUT2D eigenvalue weighted by Crippen LogP contribution is -2.37. The molecule has 0 spiro atoms. The highest BCUT2D eigenvalue weighted by Gasteiger charge is 2.17. The van der Waals surface area contributed by atoms with E-state index < -0.39 is 9.53 Å². The first-order chi connectivity index (χ1) is 7.28. The van der Waals surface area contributed by atoms with Crippen LogP contribution in [0.3, 0.4) is 0 Å². The maximum Gasteiger partial charge on any atom is 0.577 e. The third kappa shape index (κ3) is 7.93.